The topological polar surface area (TPSA) is 277 Å². The first kappa shape index (κ1) is 59.2. The van der Waals surface area contributed by atoms with Crippen molar-refractivity contribution in [2.24, 2.45) is 5.73 Å². The first-order valence-electron chi connectivity index (χ1n) is 21.9. The summed E-state index contributed by atoms with van der Waals surface area (Å²) in [6, 6.07) is 24.4. The minimum Gasteiger partial charge on any atom is -0.477 e. The van der Waals surface area contributed by atoms with E-state index in [4.69, 9.17) is 43.5 Å². The molecule has 21 heteroatoms. The summed E-state index contributed by atoms with van der Waals surface area (Å²) in [5.41, 5.74) is 10.0. The van der Waals surface area contributed by atoms with E-state index in [0.29, 0.717) is 38.7 Å². The summed E-state index contributed by atoms with van der Waals surface area (Å²) in [7, 11) is 0. The Labute approximate surface area is 424 Å². The van der Waals surface area contributed by atoms with Crippen molar-refractivity contribution in [3.05, 3.63) is 153 Å². The number of rotatable bonds is 19. The predicted molar refractivity (Wildman–Crippen MR) is 266 cm³/mol. The van der Waals surface area contributed by atoms with Gasteiger partial charge in [0.15, 0.2) is 23.8 Å². The van der Waals surface area contributed by atoms with Gasteiger partial charge in [-0.2, -0.15) is 10.2 Å². The number of carbonyl (C=O) groups is 6. The van der Waals surface area contributed by atoms with Gasteiger partial charge < -0.3 is 35.8 Å². The number of aromatic carboxylic acids is 1. The molecule has 1 amide bonds. The zero-order valence-electron chi connectivity index (χ0n) is 38.9. The van der Waals surface area contributed by atoms with Gasteiger partial charge in [-0.25, -0.2) is 23.2 Å². The molecule has 0 saturated heterocycles. The van der Waals surface area contributed by atoms with Crippen LogP contribution in [0.3, 0.4) is 0 Å². The Morgan fingerprint density at radius 3 is 1.47 bits per heavy atom. The third-order valence-electron chi connectivity index (χ3n) is 10.2. The van der Waals surface area contributed by atoms with Crippen molar-refractivity contribution < 1.29 is 62.3 Å². The second-order valence-electron chi connectivity index (χ2n) is 15.7. The highest BCUT2D eigenvalue weighted by Gasteiger charge is 2.25. The number of halogens is 4. The molecule has 0 aliphatic carbocycles. The zero-order valence-corrected chi connectivity index (χ0v) is 40.4. The monoisotopic (exact) mass is 1040 g/mol. The largest absolute Gasteiger partial charge is 0.477 e. The second kappa shape index (κ2) is 28.6. The number of benzene rings is 4. The van der Waals surface area contributed by atoms with Gasteiger partial charge in [0.2, 0.25) is 0 Å². The number of esters is 2. The van der Waals surface area contributed by atoms with Crippen molar-refractivity contribution in [3.63, 3.8) is 0 Å². The first-order chi connectivity index (χ1) is 33.7. The molecule has 17 nitrogen and oxygen atoms in total. The van der Waals surface area contributed by atoms with Crippen LogP contribution in [0.2, 0.25) is 10.0 Å². The molecule has 8 N–H and O–H groups in total. The van der Waals surface area contributed by atoms with Crippen LogP contribution in [0.1, 0.15) is 101 Å². The normalized spacial score (nSPS) is 12.2. The molecule has 0 fully saturated rings. The standard InChI is InChI=1S/C25H25ClFN3O5.C19H21ClFNO3.C6H6N2O3.CH4/c1-3-35-25(34)23(32)12-18(28-24(33)22-13-21(14(2)31)29-30-22)10-15-4-6-16(7-5-15)19-11-17(26)8-9-20(19)27;1-2-25-19(24)18(23)11-15(22)9-12-3-5-13(6-4-12)16-10-14(20)7-8-17(16)21;1-3(9)4-2-5(6(10)11)8-7-4;/h4-9,11,13,18,23,32H,3,10,12H2,1-2H3,(H,28,33)(H,29,30);3-8,10,15,18,23H,2,9,11,22H2,1H3;2H,1H3,(H,7,8)(H,10,11);1H4/t18-,23-;15-,18-;;/m11../s1. The number of Topliss-reactive ketones (excluding diaryl/α,β-unsaturated/α-hetero) is 2. The summed E-state index contributed by atoms with van der Waals surface area (Å²) in [6.45, 7) is 6.27. The van der Waals surface area contributed by atoms with E-state index in [2.05, 4.69) is 25.7 Å². The highest BCUT2D eigenvalue weighted by atomic mass is 35.5. The average Bonchev–Trinajstić information content (AvgIpc) is 4.05. The van der Waals surface area contributed by atoms with Gasteiger partial charge in [-0.3, -0.25) is 24.6 Å². The Balaban J connectivity index is 0.000000321. The number of nitrogens with zero attached hydrogens (tertiary/aromatic N) is 2. The van der Waals surface area contributed by atoms with Gasteiger partial charge >= 0.3 is 17.9 Å². The van der Waals surface area contributed by atoms with E-state index in [9.17, 15) is 47.8 Å². The van der Waals surface area contributed by atoms with Gasteiger partial charge in [-0.15, -0.1) is 0 Å². The van der Waals surface area contributed by atoms with Crippen molar-refractivity contribution in [1.82, 2.24) is 25.7 Å². The van der Waals surface area contributed by atoms with Crippen molar-refractivity contribution in [2.75, 3.05) is 13.2 Å². The first-order valence-corrected chi connectivity index (χ1v) is 22.7. The SMILES string of the molecule is C.CC(=O)c1cc(C(=O)O)[nH]n1.CCOC(=O)[C@H](O)C[C@@H](Cc1ccc(-c2cc(Cl)ccc2F)cc1)NC(=O)c1cc(C(C)=O)n[nH]1.CCOC(=O)[C@H](O)C[C@H](N)Cc1ccc(-c2cc(Cl)ccc2F)cc1. The fourth-order valence-corrected chi connectivity index (χ4v) is 7.01. The van der Waals surface area contributed by atoms with Crippen LogP contribution in [-0.2, 0) is 31.9 Å². The number of aromatic nitrogens is 4. The molecule has 4 aromatic carbocycles. The van der Waals surface area contributed by atoms with Crippen LogP contribution in [-0.4, -0.2) is 109 Å². The van der Waals surface area contributed by atoms with Gasteiger partial charge in [-0.05, 0) is 97.8 Å². The number of ether oxygens (including phenoxy) is 2. The fraction of sp³-hybridized carbons (Fsp3) is 0.294. The Kier molecular flexibility index (Phi) is 23.5. The second-order valence-corrected chi connectivity index (χ2v) is 16.6. The maximum atomic E-state index is 14.2. The van der Waals surface area contributed by atoms with Gasteiger partial charge in [-0.1, -0.05) is 79.2 Å². The van der Waals surface area contributed by atoms with Crippen molar-refractivity contribution in [3.8, 4) is 22.3 Å². The van der Waals surface area contributed by atoms with Gasteiger partial charge in [0.25, 0.3) is 5.91 Å². The van der Waals surface area contributed by atoms with Crippen LogP contribution in [0.25, 0.3) is 22.3 Å². The summed E-state index contributed by atoms with van der Waals surface area (Å²) >= 11 is 11.9. The van der Waals surface area contributed by atoms with E-state index < -0.39 is 53.9 Å². The number of ketones is 2. The van der Waals surface area contributed by atoms with E-state index in [1.807, 2.05) is 12.1 Å². The van der Waals surface area contributed by atoms with E-state index in [1.165, 1.54) is 56.3 Å². The lowest BCUT2D eigenvalue weighted by atomic mass is 9.97. The Morgan fingerprint density at radius 2 is 1.07 bits per heavy atom. The number of nitrogens with one attached hydrogen (secondary N) is 3. The highest BCUT2D eigenvalue weighted by molar-refractivity contribution is 6.31. The molecule has 0 bridgehead atoms. The number of aromatic amines is 2. The number of carboxylic acid groups (broad SMARTS) is 1. The lowest BCUT2D eigenvalue weighted by Gasteiger charge is -2.21. The maximum absolute atomic E-state index is 14.2. The number of hydrogen-bond acceptors (Lipinski definition) is 13. The Hall–Kier alpha value is -7.16. The van der Waals surface area contributed by atoms with E-state index >= 15 is 0 Å². The number of nitrogens with two attached hydrogens (primary N) is 1. The summed E-state index contributed by atoms with van der Waals surface area (Å²) in [4.78, 5) is 68.4. The number of aliphatic hydroxyl groups excluding tert-OH is 2. The van der Waals surface area contributed by atoms with E-state index in [0.717, 1.165) is 11.1 Å². The lowest BCUT2D eigenvalue weighted by molar-refractivity contribution is -0.154. The number of aliphatic hydroxyl groups is 2. The number of carboxylic acids is 1. The van der Waals surface area contributed by atoms with Crippen LogP contribution >= 0.6 is 23.2 Å². The molecule has 6 aromatic rings. The molecule has 0 saturated carbocycles. The highest BCUT2D eigenvalue weighted by Crippen LogP contribution is 2.28. The molecular weight excluding hydrogens is 981 g/mol. The molecule has 0 aliphatic heterocycles. The van der Waals surface area contributed by atoms with Crippen LogP contribution in [0.4, 0.5) is 8.78 Å². The minimum atomic E-state index is -1.45. The molecule has 0 spiro atoms. The molecule has 72 heavy (non-hydrogen) atoms. The number of carbonyl (C=O) groups excluding carboxylic acids is 5. The third-order valence-corrected chi connectivity index (χ3v) is 10.7. The predicted octanol–water partition coefficient (Wildman–Crippen LogP) is 8.00. The van der Waals surface area contributed by atoms with Gasteiger partial charge in [0.05, 0.1) is 13.2 Å². The minimum absolute atomic E-state index is 0. The molecule has 4 atom stereocenters. The molecule has 384 valence electrons. The van der Waals surface area contributed by atoms with Crippen molar-refractivity contribution >= 4 is 58.6 Å². The van der Waals surface area contributed by atoms with Crippen molar-refractivity contribution in [1.29, 1.82) is 0 Å². The van der Waals surface area contributed by atoms with Crippen LogP contribution < -0.4 is 11.1 Å². The Morgan fingerprint density at radius 1 is 0.653 bits per heavy atom. The van der Waals surface area contributed by atoms with Crippen LogP contribution in [0.15, 0.2) is 97.1 Å². The molecule has 2 aromatic heterocycles. The summed E-state index contributed by atoms with van der Waals surface area (Å²) in [5.74, 6) is -4.43. The smallest absolute Gasteiger partial charge is 0.353 e. The number of amides is 1. The average molecular weight is 1040 g/mol. The van der Waals surface area contributed by atoms with E-state index in [1.54, 1.807) is 56.3 Å². The molecule has 6 rings (SSSR count). The summed E-state index contributed by atoms with van der Waals surface area (Å²) < 4.78 is 37.7. The van der Waals surface area contributed by atoms with Crippen LogP contribution in [0.5, 0.6) is 0 Å². The number of hydrogen-bond donors (Lipinski definition) is 7. The molecule has 0 radical (unpaired) electrons. The molecule has 2 heterocycles. The summed E-state index contributed by atoms with van der Waals surface area (Å²) in [5, 5.41) is 44.0. The molecular formula is C51H56Cl2F2N6O11. The maximum Gasteiger partial charge on any atom is 0.353 e. The molecule has 0 aliphatic rings. The van der Waals surface area contributed by atoms with E-state index in [-0.39, 0.29) is 80.1 Å². The zero-order chi connectivity index (χ0) is 52.4. The third kappa shape index (κ3) is 18.2. The van der Waals surface area contributed by atoms with Crippen molar-refractivity contribution in [2.45, 2.75) is 85.1 Å². The summed E-state index contributed by atoms with van der Waals surface area (Å²) in [6.07, 6.45) is -1.93. The van der Waals surface area contributed by atoms with Crippen LogP contribution in [0, 0.1) is 11.6 Å². The fourth-order valence-electron chi connectivity index (χ4n) is 6.66. The van der Waals surface area contributed by atoms with Gasteiger partial charge in [0.1, 0.15) is 34.4 Å². The quantitative estimate of drug-likeness (QED) is 0.0299. The Bertz CT molecular complexity index is 2760. The molecule has 0 unspecified atom stereocenters. The number of H-pyrrole nitrogens is 2. The van der Waals surface area contributed by atoms with Gasteiger partial charge in [0, 0.05) is 59.6 Å². The lowest BCUT2D eigenvalue weighted by Crippen LogP contribution is -2.41.